The van der Waals surface area contributed by atoms with E-state index < -0.39 is 21.7 Å². The zero-order valence-electron chi connectivity index (χ0n) is 29.3. The average molecular weight is 842 g/mol. The molecule has 2 fully saturated rings. The van der Waals surface area contributed by atoms with Crippen LogP contribution in [0.5, 0.6) is 0 Å². The normalized spacial score (nSPS) is 18.2. The van der Waals surface area contributed by atoms with Crippen molar-refractivity contribution >= 4 is 67.1 Å². The molecule has 0 spiro atoms. The molecule has 0 unspecified atom stereocenters. The maximum Gasteiger partial charge on any atom is 0.410 e. The first kappa shape index (κ1) is 41.0. The SMILES string of the molecule is C=CC(=O)N1CCN(S(C)(=O)=O)[C@@H](c2cc(Cl)nc(-c3cc(C(=O)NC)ncn3)c2)C1.CC(C)(C)OC(=O)N1CCN[C@@H](c2cc(Cl)nc(Br)c2)C1. The zero-order valence-corrected chi connectivity index (χ0v) is 33.2. The van der Waals surface area contributed by atoms with Crippen molar-refractivity contribution in [1.29, 1.82) is 0 Å². The predicted octanol–water partition coefficient (Wildman–Crippen LogP) is 4.26. The monoisotopic (exact) mass is 839 g/mol. The first-order valence-corrected chi connectivity index (χ1v) is 19.4. The minimum absolute atomic E-state index is 0.0167. The third kappa shape index (κ3) is 11.1. The Bertz CT molecular complexity index is 1910. The topological polar surface area (TPSA) is 180 Å². The molecule has 280 valence electrons. The third-order valence-corrected chi connectivity index (χ3v) is 9.93. The average Bonchev–Trinajstić information content (AvgIpc) is 3.09. The molecule has 2 N–H and O–H groups in total. The molecule has 0 radical (unpaired) electrons. The molecule has 0 aromatic carbocycles. The molecule has 2 aliphatic heterocycles. The molecule has 2 atom stereocenters. The van der Waals surface area contributed by atoms with E-state index in [1.807, 2.05) is 32.9 Å². The lowest BCUT2D eigenvalue weighted by molar-refractivity contribution is -0.128. The van der Waals surface area contributed by atoms with E-state index in [1.165, 1.54) is 34.7 Å². The second-order valence-electron chi connectivity index (χ2n) is 12.8. The van der Waals surface area contributed by atoms with Gasteiger partial charge < -0.3 is 25.2 Å². The molecule has 0 saturated carbocycles. The molecule has 52 heavy (non-hydrogen) atoms. The quantitative estimate of drug-likeness (QED) is 0.268. The van der Waals surface area contributed by atoms with Crippen molar-refractivity contribution in [3.63, 3.8) is 0 Å². The van der Waals surface area contributed by atoms with Gasteiger partial charge in [-0.3, -0.25) is 9.59 Å². The van der Waals surface area contributed by atoms with Gasteiger partial charge in [0.25, 0.3) is 5.91 Å². The summed E-state index contributed by atoms with van der Waals surface area (Å²) >= 11 is 15.6. The lowest BCUT2D eigenvalue weighted by Crippen LogP contribution is -2.51. The van der Waals surface area contributed by atoms with Crippen molar-refractivity contribution in [3.8, 4) is 11.4 Å². The van der Waals surface area contributed by atoms with Crippen molar-refractivity contribution in [1.82, 2.24) is 44.7 Å². The van der Waals surface area contributed by atoms with Crippen LogP contribution in [-0.4, -0.2) is 119 Å². The fourth-order valence-electron chi connectivity index (χ4n) is 5.50. The standard InChI is InChI=1S/C19H21ClN6O4S.C14H19BrClN3O2/c1-4-18(27)25-5-6-26(31(3,29)30)16(10-25)12-7-14(24-17(20)8-12)13-9-15(19(28)21-2)23-11-22-13;1-14(2,3)21-13(20)19-5-4-17-10(8-19)9-6-11(15)18-12(16)7-9/h4,7-9,11,16H,1,5-6,10H2,2-3H3,(H,21,28);6-7,10,17H,4-5,8H2,1-3H3/t16-;10-/m11/s1. The number of amides is 3. The molecular formula is C33H40BrCl2N9O6S. The Morgan fingerprint density at radius 1 is 0.981 bits per heavy atom. The molecule has 3 amide bonds. The largest absolute Gasteiger partial charge is 0.444 e. The first-order valence-electron chi connectivity index (χ1n) is 16.0. The van der Waals surface area contributed by atoms with Crippen LogP contribution in [0.25, 0.3) is 11.4 Å². The number of nitrogens with zero attached hydrogens (tertiary/aromatic N) is 7. The van der Waals surface area contributed by atoms with Gasteiger partial charge in [0.15, 0.2) is 0 Å². The van der Waals surface area contributed by atoms with Crippen LogP contribution in [0.3, 0.4) is 0 Å². The van der Waals surface area contributed by atoms with E-state index in [0.29, 0.717) is 46.3 Å². The van der Waals surface area contributed by atoms with E-state index >= 15 is 0 Å². The Balaban J connectivity index is 0.000000251. The predicted molar refractivity (Wildman–Crippen MR) is 200 cm³/mol. The van der Waals surface area contributed by atoms with Crippen LogP contribution in [0.15, 0.2) is 53.9 Å². The molecule has 2 aliphatic rings. The van der Waals surface area contributed by atoms with Crippen LogP contribution in [0.2, 0.25) is 10.3 Å². The summed E-state index contributed by atoms with van der Waals surface area (Å²) in [7, 11) is -2.08. The van der Waals surface area contributed by atoms with E-state index in [1.54, 1.807) is 17.0 Å². The molecule has 0 bridgehead atoms. The number of carbonyl (C=O) groups is 3. The van der Waals surface area contributed by atoms with Crippen LogP contribution >= 0.6 is 39.1 Å². The van der Waals surface area contributed by atoms with E-state index in [9.17, 15) is 22.8 Å². The van der Waals surface area contributed by atoms with Crippen molar-refractivity contribution in [2.24, 2.45) is 0 Å². The molecule has 0 aliphatic carbocycles. The molecule has 19 heteroatoms. The highest BCUT2D eigenvalue weighted by Gasteiger charge is 2.36. The highest BCUT2D eigenvalue weighted by molar-refractivity contribution is 9.10. The number of rotatable bonds is 6. The number of ether oxygens (including phenoxy) is 1. The number of nitrogens with one attached hydrogen (secondary N) is 2. The van der Waals surface area contributed by atoms with Crippen molar-refractivity contribution in [2.45, 2.75) is 38.5 Å². The summed E-state index contributed by atoms with van der Waals surface area (Å²) in [6.07, 6.45) is 3.26. The van der Waals surface area contributed by atoms with Crippen molar-refractivity contribution in [2.75, 3.05) is 52.6 Å². The van der Waals surface area contributed by atoms with Crippen molar-refractivity contribution in [3.05, 3.63) is 81.0 Å². The van der Waals surface area contributed by atoms with Gasteiger partial charge >= 0.3 is 6.09 Å². The van der Waals surface area contributed by atoms with Gasteiger partial charge in [-0.25, -0.2) is 33.1 Å². The number of halogens is 3. The van der Waals surface area contributed by atoms with E-state index in [2.05, 4.69) is 53.1 Å². The van der Waals surface area contributed by atoms with Gasteiger partial charge in [-0.2, -0.15) is 4.31 Å². The van der Waals surface area contributed by atoms with E-state index in [4.69, 9.17) is 27.9 Å². The molecule has 5 heterocycles. The summed E-state index contributed by atoms with van der Waals surface area (Å²) in [6, 6.07) is 7.72. The number of hydrogen-bond acceptors (Lipinski definition) is 11. The lowest BCUT2D eigenvalue weighted by Gasteiger charge is -2.40. The van der Waals surface area contributed by atoms with Gasteiger partial charge in [0.05, 0.1) is 29.7 Å². The van der Waals surface area contributed by atoms with Crippen LogP contribution in [0.1, 0.15) is 54.5 Å². The molecule has 2 saturated heterocycles. The number of piperazine rings is 2. The maximum atomic E-state index is 12.4. The molecular weight excluding hydrogens is 801 g/mol. The third-order valence-electron chi connectivity index (χ3n) is 7.85. The minimum Gasteiger partial charge on any atom is -0.444 e. The summed E-state index contributed by atoms with van der Waals surface area (Å²) in [4.78, 5) is 55.9. The number of pyridine rings is 2. The van der Waals surface area contributed by atoms with Gasteiger partial charge in [0.2, 0.25) is 15.9 Å². The van der Waals surface area contributed by atoms with Crippen molar-refractivity contribution < 1.29 is 27.5 Å². The highest BCUT2D eigenvalue weighted by Crippen LogP contribution is 2.32. The van der Waals surface area contributed by atoms with Crippen LogP contribution < -0.4 is 10.6 Å². The Morgan fingerprint density at radius 3 is 2.31 bits per heavy atom. The van der Waals surface area contributed by atoms with Gasteiger partial charge in [-0.05, 0) is 84.2 Å². The second-order valence-corrected chi connectivity index (χ2v) is 16.4. The van der Waals surface area contributed by atoms with E-state index in [0.717, 1.165) is 11.8 Å². The Hall–Kier alpha value is -3.74. The smallest absolute Gasteiger partial charge is 0.410 e. The summed E-state index contributed by atoms with van der Waals surface area (Å²) in [6.45, 7) is 11.5. The zero-order chi connectivity index (χ0) is 38.4. The molecule has 15 nitrogen and oxygen atoms in total. The summed E-state index contributed by atoms with van der Waals surface area (Å²) in [5.74, 6) is -0.676. The number of aromatic nitrogens is 4. The summed E-state index contributed by atoms with van der Waals surface area (Å²) < 4.78 is 32.2. The Labute approximate surface area is 321 Å². The maximum absolute atomic E-state index is 12.4. The molecule has 5 rings (SSSR count). The van der Waals surface area contributed by atoms with E-state index in [-0.39, 0.29) is 54.4 Å². The van der Waals surface area contributed by atoms with Gasteiger partial charge in [0, 0.05) is 46.3 Å². The highest BCUT2D eigenvalue weighted by atomic mass is 79.9. The van der Waals surface area contributed by atoms with Gasteiger partial charge in [-0.15, -0.1) is 0 Å². The van der Waals surface area contributed by atoms with Gasteiger partial charge in [0.1, 0.15) is 32.5 Å². The van der Waals surface area contributed by atoms with Crippen LogP contribution in [0.4, 0.5) is 4.79 Å². The molecule has 3 aromatic heterocycles. The van der Waals surface area contributed by atoms with Crippen LogP contribution in [-0.2, 0) is 19.6 Å². The lowest BCUT2D eigenvalue weighted by atomic mass is 10.0. The van der Waals surface area contributed by atoms with Crippen LogP contribution in [0, 0.1) is 0 Å². The van der Waals surface area contributed by atoms with Gasteiger partial charge in [-0.1, -0.05) is 29.8 Å². The fraction of sp³-hybridized carbons (Fsp3) is 0.424. The number of hydrogen-bond donors (Lipinski definition) is 2. The Morgan fingerprint density at radius 2 is 1.67 bits per heavy atom. The number of carbonyl (C=O) groups excluding carboxylic acids is 3. The summed E-state index contributed by atoms with van der Waals surface area (Å²) in [5.41, 5.74) is 1.89. The summed E-state index contributed by atoms with van der Waals surface area (Å²) in [5, 5.41) is 6.41. The Kier molecular flexibility index (Phi) is 13.7. The number of sulfonamides is 1. The molecule has 3 aromatic rings. The first-order chi connectivity index (χ1) is 24.4. The fourth-order valence-corrected chi connectivity index (χ4v) is 7.56. The second kappa shape index (κ2) is 17.4. The minimum atomic E-state index is -3.56.